The van der Waals surface area contributed by atoms with Crippen molar-refractivity contribution in [2.24, 2.45) is 5.73 Å². The number of amides is 1. The van der Waals surface area contributed by atoms with Crippen molar-refractivity contribution in [3.8, 4) is 0 Å². The summed E-state index contributed by atoms with van der Waals surface area (Å²) in [5.74, 6) is -3.35. The highest BCUT2D eigenvalue weighted by atomic mass is 16.6. The first kappa shape index (κ1) is 19.7. The predicted octanol–water partition coefficient (Wildman–Crippen LogP) is 1.16. The number of rotatable bonds is 5. The number of nitrogens with zero attached hydrogens (tertiary/aromatic N) is 2. The summed E-state index contributed by atoms with van der Waals surface area (Å²) in [6.07, 6.45) is 0.339. The average molecular weight is 369 g/mol. The lowest BCUT2D eigenvalue weighted by molar-refractivity contribution is -0.157. The molecule has 1 amide bonds. The van der Waals surface area contributed by atoms with Crippen LogP contribution in [0.4, 0.5) is 4.79 Å². The van der Waals surface area contributed by atoms with E-state index in [1.54, 1.807) is 20.8 Å². The second-order valence-electron chi connectivity index (χ2n) is 7.31. The van der Waals surface area contributed by atoms with Crippen LogP contribution in [0.3, 0.4) is 0 Å². The van der Waals surface area contributed by atoms with Crippen LogP contribution >= 0.6 is 0 Å². The van der Waals surface area contributed by atoms with Gasteiger partial charge in [-0.05, 0) is 33.6 Å². The number of carboxylic acids is 2. The summed E-state index contributed by atoms with van der Waals surface area (Å²) in [5.41, 5.74) is 2.70. The molecule has 0 bridgehead atoms. The maximum absolute atomic E-state index is 12.3. The number of carbonyl (C=O) groups excluding carboxylic acids is 1. The van der Waals surface area contributed by atoms with Crippen LogP contribution < -0.4 is 5.73 Å². The second-order valence-corrected chi connectivity index (χ2v) is 7.31. The van der Waals surface area contributed by atoms with E-state index in [-0.39, 0.29) is 11.8 Å². The van der Waals surface area contributed by atoms with Gasteiger partial charge in [-0.25, -0.2) is 14.4 Å². The largest absolute Gasteiger partial charge is 0.479 e. The van der Waals surface area contributed by atoms with Crippen molar-refractivity contribution >= 4 is 18.0 Å². The van der Waals surface area contributed by atoms with Gasteiger partial charge < -0.3 is 25.2 Å². The molecule has 1 fully saturated rings. The molecule has 10 nitrogen and oxygen atoms in total. The lowest BCUT2D eigenvalue weighted by atomic mass is 9.95. The molecule has 0 aromatic carbocycles. The minimum absolute atomic E-state index is 0.0170. The van der Waals surface area contributed by atoms with Gasteiger partial charge in [0.15, 0.2) is 0 Å². The molecular weight excluding hydrogens is 346 g/mol. The molecule has 1 aliphatic rings. The third kappa shape index (κ3) is 4.13. The van der Waals surface area contributed by atoms with E-state index in [1.807, 2.05) is 0 Å². The minimum Gasteiger partial charge on any atom is -0.479 e. The fourth-order valence-corrected chi connectivity index (χ4v) is 2.70. The molecule has 1 aromatic rings. The van der Waals surface area contributed by atoms with Crippen molar-refractivity contribution in [2.45, 2.75) is 57.2 Å². The lowest BCUT2D eigenvalue weighted by Gasteiger charge is -2.27. The first-order valence-corrected chi connectivity index (χ1v) is 8.15. The quantitative estimate of drug-likeness (QED) is 0.648. The molecule has 2 rings (SSSR count). The summed E-state index contributed by atoms with van der Waals surface area (Å²) in [6.45, 7) is 5.79. The van der Waals surface area contributed by atoms with Crippen molar-refractivity contribution in [3.63, 3.8) is 0 Å². The van der Waals surface area contributed by atoms with Crippen LogP contribution in [0.2, 0.25) is 0 Å². The van der Waals surface area contributed by atoms with E-state index >= 15 is 0 Å². The van der Waals surface area contributed by atoms with Crippen molar-refractivity contribution < 1.29 is 33.9 Å². The molecule has 1 atom stereocenters. The van der Waals surface area contributed by atoms with E-state index in [4.69, 9.17) is 25.2 Å². The third-order valence-corrected chi connectivity index (χ3v) is 4.02. The van der Waals surface area contributed by atoms with E-state index in [0.29, 0.717) is 18.7 Å². The van der Waals surface area contributed by atoms with Gasteiger partial charge in [-0.2, -0.15) is 0 Å². The fourth-order valence-electron chi connectivity index (χ4n) is 2.70. The highest BCUT2D eigenvalue weighted by Gasteiger charge is 2.44. The van der Waals surface area contributed by atoms with Crippen molar-refractivity contribution in [1.82, 2.24) is 10.1 Å². The average Bonchev–Trinajstić information content (AvgIpc) is 3.12. The maximum atomic E-state index is 12.3. The summed E-state index contributed by atoms with van der Waals surface area (Å²) in [6, 6.07) is 1.05. The number of ether oxygens (including phenoxy) is 1. The predicted molar refractivity (Wildman–Crippen MR) is 87.3 cm³/mol. The minimum atomic E-state index is -2.52. The van der Waals surface area contributed by atoms with Gasteiger partial charge in [-0.1, -0.05) is 5.16 Å². The molecule has 1 aromatic heterocycles. The van der Waals surface area contributed by atoms with Crippen LogP contribution in [0.5, 0.6) is 0 Å². The van der Waals surface area contributed by atoms with Crippen LogP contribution in [0.1, 0.15) is 51.1 Å². The van der Waals surface area contributed by atoms with Gasteiger partial charge in [0.25, 0.3) is 0 Å². The zero-order valence-electron chi connectivity index (χ0n) is 14.9. The van der Waals surface area contributed by atoms with Crippen LogP contribution in [0.25, 0.3) is 0 Å². The first-order valence-electron chi connectivity index (χ1n) is 8.15. The lowest BCUT2D eigenvalue weighted by Crippen LogP contribution is -2.56. The standard InChI is InChI=1S/C16H23N3O7/c1-15(2,3)25-14(24)19-6-4-5-11(19)10-7-9(26-18-10)8-16(17,12(20)21)13(22)23/h7,11H,4-6,8,17H2,1-3H3,(H,20,21)(H,22,23). The third-order valence-electron chi connectivity index (χ3n) is 4.02. The van der Waals surface area contributed by atoms with Crippen molar-refractivity contribution in [2.75, 3.05) is 6.54 Å². The zero-order valence-corrected chi connectivity index (χ0v) is 14.9. The van der Waals surface area contributed by atoms with E-state index in [9.17, 15) is 14.4 Å². The Labute approximate surface area is 149 Å². The number of likely N-dealkylation sites (tertiary alicyclic amines) is 1. The Kier molecular flexibility index (Phi) is 5.26. The van der Waals surface area contributed by atoms with Gasteiger partial charge in [0.2, 0.25) is 5.54 Å². The number of aromatic nitrogens is 1. The molecule has 10 heteroatoms. The Morgan fingerprint density at radius 3 is 2.50 bits per heavy atom. The van der Waals surface area contributed by atoms with Crippen molar-refractivity contribution in [1.29, 1.82) is 0 Å². The van der Waals surface area contributed by atoms with E-state index in [2.05, 4.69) is 5.16 Å². The SMILES string of the molecule is CC(C)(C)OC(=O)N1CCCC1c1cc(CC(N)(C(=O)O)C(=O)O)on1. The Hall–Kier alpha value is -2.62. The topological polar surface area (TPSA) is 156 Å². The summed E-state index contributed by atoms with van der Waals surface area (Å²) in [7, 11) is 0. The summed E-state index contributed by atoms with van der Waals surface area (Å²) >= 11 is 0. The Morgan fingerprint density at radius 1 is 1.35 bits per heavy atom. The molecule has 0 radical (unpaired) electrons. The Bertz CT molecular complexity index is 693. The highest BCUT2D eigenvalue weighted by Crippen LogP contribution is 2.33. The molecule has 144 valence electrons. The van der Waals surface area contributed by atoms with Gasteiger partial charge in [-0.15, -0.1) is 0 Å². The number of aliphatic carboxylic acids is 2. The van der Waals surface area contributed by atoms with Gasteiger partial charge in [0.05, 0.1) is 6.04 Å². The maximum Gasteiger partial charge on any atom is 0.410 e. The van der Waals surface area contributed by atoms with Gasteiger partial charge in [0.1, 0.15) is 17.1 Å². The van der Waals surface area contributed by atoms with Gasteiger partial charge in [0, 0.05) is 19.0 Å². The van der Waals surface area contributed by atoms with Crippen LogP contribution in [0, 0.1) is 0 Å². The highest BCUT2D eigenvalue weighted by molar-refractivity contribution is 6.03. The molecular formula is C16H23N3O7. The van der Waals surface area contributed by atoms with E-state index in [1.165, 1.54) is 11.0 Å². The molecule has 0 aliphatic carbocycles. The molecule has 0 spiro atoms. The van der Waals surface area contributed by atoms with Crippen molar-refractivity contribution in [3.05, 3.63) is 17.5 Å². The van der Waals surface area contributed by atoms with E-state index in [0.717, 1.165) is 6.42 Å². The van der Waals surface area contributed by atoms with Crippen LogP contribution in [-0.4, -0.2) is 56.0 Å². The molecule has 26 heavy (non-hydrogen) atoms. The van der Waals surface area contributed by atoms with Crippen LogP contribution in [0.15, 0.2) is 10.6 Å². The van der Waals surface area contributed by atoms with Gasteiger partial charge >= 0.3 is 18.0 Å². The summed E-state index contributed by atoms with van der Waals surface area (Å²) in [4.78, 5) is 36.2. The molecule has 4 N–H and O–H groups in total. The Balaban J connectivity index is 2.17. The first-order chi connectivity index (χ1) is 11.9. The molecule has 1 aliphatic heterocycles. The van der Waals surface area contributed by atoms with E-state index < -0.39 is 35.6 Å². The number of nitrogens with two attached hydrogens (primary N) is 1. The second kappa shape index (κ2) is 6.94. The number of carbonyl (C=O) groups is 3. The van der Waals surface area contributed by atoms with Crippen LogP contribution in [-0.2, 0) is 20.7 Å². The zero-order chi connectivity index (χ0) is 19.7. The normalized spacial score (nSPS) is 18.0. The molecule has 0 saturated carbocycles. The number of hydrogen-bond acceptors (Lipinski definition) is 7. The summed E-state index contributed by atoms with van der Waals surface area (Å²) in [5, 5.41) is 22.0. The molecule has 1 unspecified atom stereocenters. The fraction of sp³-hybridized carbons (Fsp3) is 0.625. The monoisotopic (exact) mass is 369 g/mol. The van der Waals surface area contributed by atoms with Gasteiger partial charge in [-0.3, -0.25) is 4.90 Å². The number of carboxylic acid groups (broad SMARTS) is 2. The smallest absolute Gasteiger partial charge is 0.410 e. The summed E-state index contributed by atoms with van der Waals surface area (Å²) < 4.78 is 10.4. The number of hydrogen-bond donors (Lipinski definition) is 3. The molecule has 1 saturated heterocycles. The Morgan fingerprint density at radius 2 is 1.96 bits per heavy atom. The molecule has 2 heterocycles.